The first-order valence-corrected chi connectivity index (χ1v) is 6.73. The first-order chi connectivity index (χ1) is 7.35. The minimum atomic E-state index is -0.221. The SMILES string of the molecule is C=C1[C@H](O)C[C@@H]2[C@]3(C)C[C@@H]3[C@@H]3C[C@]12C3(C)C. The van der Waals surface area contributed by atoms with E-state index in [1.807, 2.05) is 0 Å². The Morgan fingerprint density at radius 3 is 2.50 bits per heavy atom. The maximum Gasteiger partial charge on any atom is 0.0756 e. The van der Waals surface area contributed by atoms with Gasteiger partial charge in [-0.15, -0.1) is 0 Å². The Bertz CT molecular complexity index is 410. The molecule has 0 unspecified atom stereocenters. The van der Waals surface area contributed by atoms with Gasteiger partial charge in [-0.3, -0.25) is 0 Å². The van der Waals surface area contributed by atoms with Crippen LogP contribution in [-0.4, -0.2) is 11.2 Å². The van der Waals surface area contributed by atoms with Gasteiger partial charge in [0.25, 0.3) is 0 Å². The summed E-state index contributed by atoms with van der Waals surface area (Å²) < 4.78 is 0. The molecule has 0 aromatic rings. The lowest BCUT2D eigenvalue weighted by Crippen LogP contribution is -2.63. The second-order valence-corrected chi connectivity index (χ2v) is 7.65. The van der Waals surface area contributed by atoms with Crippen LogP contribution in [0.3, 0.4) is 0 Å². The third-order valence-electron chi connectivity index (χ3n) is 7.28. The van der Waals surface area contributed by atoms with Crippen LogP contribution in [0.25, 0.3) is 0 Å². The molecule has 5 saturated carbocycles. The summed E-state index contributed by atoms with van der Waals surface area (Å²) in [5.74, 6) is 2.57. The highest BCUT2D eigenvalue weighted by Crippen LogP contribution is 2.88. The topological polar surface area (TPSA) is 20.2 Å². The fraction of sp³-hybridized carbons (Fsp3) is 0.867. The predicted molar refractivity (Wildman–Crippen MR) is 63.8 cm³/mol. The lowest BCUT2D eigenvalue weighted by molar-refractivity contribution is -0.186. The Kier molecular flexibility index (Phi) is 1.31. The zero-order valence-electron chi connectivity index (χ0n) is 10.6. The van der Waals surface area contributed by atoms with Crippen molar-refractivity contribution in [1.82, 2.24) is 0 Å². The van der Waals surface area contributed by atoms with Crippen molar-refractivity contribution >= 4 is 0 Å². The lowest BCUT2D eigenvalue weighted by atomic mass is 9.35. The Morgan fingerprint density at radius 1 is 1.19 bits per heavy atom. The molecule has 5 rings (SSSR count). The average molecular weight is 218 g/mol. The highest BCUT2D eigenvalue weighted by Gasteiger charge is 2.82. The number of aliphatic hydroxyl groups excluding tert-OH is 1. The van der Waals surface area contributed by atoms with Crippen molar-refractivity contribution < 1.29 is 5.11 Å². The summed E-state index contributed by atoms with van der Waals surface area (Å²) in [5, 5.41) is 10.2. The van der Waals surface area contributed by atoms with Gasteiger partial charge in [0.15, 0.2) is 0 Å². The zero-order chi connectivity index (χ0) is 11.5. The van der Waals surface area contributed by atoms with E-state index in [4.69, 9.17) is 0 Å². The van der Waals surface area contributed by atoms with Gasteiger partial charge >= 0.3 is 0 Å². The second kappa shape index (κ2) is 2.16. The van der Waals surface area contributed by atoms with Crippen LogP contribution in [0.4, 0.5) is 0 Å². The zero-order valence-corrected chi connectivity index (χ0v) is 10.6. The molecular weight excluding hydrogens is 196 g/mol. The monoisotopic (exact) mass is 218 g/mol. The maximum atomic E-state index is 10.2. The van der Waals surface area contributed by atoms with E-state index < -0.39 is 0 Å². The van der Waals surface area contributed by atoms with E-state index in [0.29, 0.717) is 22.2 Å². The molecule has 6 atom stereocenters. The van der Waals surface area contributed by atoms with Gasteiger partial charge in [-0.1, -0.05) is 27.4 Å². The van der Waals surface area contributed by atoms with E-state index in [-0.39, 0.29) is 6.10 Å². The van der Waals surface area contributed by atoms with Crippen LogP contribution in [0.15, 0.2) is 12.2 Å². The smallest absolute Gasteiger partial charge is 0.0756 e. The van der Waals surface area contributed by atoms with Crippen LogP contribution < -0.4 is 0 Å². The largest absolute Gasteiger partial charge is 0.389 e. The molecular formula is C15H22O. The van der Waals surface area contributed by atoms with Crippen molar-refractivity contribution in [2.24, 2.45) is 34.0 Å². The molecule has 0 heterocycles. The standard InChI is InChI=1S/C15H22O/c1-8-11(16)5-12-14(4)6-10(14)9-7-15(8,12)13(9,2)3/h9-12,16H,1,5-7H2,2-4H3/t9-,10+,11+,12+,14+,15-/m0/s1. The van der Waals surface area contributed by atoms with Crippen LogP contribution in [0.1, 0.15) is 40.0 Å². The molecule has 0 aliphatic heterocycles. The molecule has 1 N–H and O–H groups in total. The fourth-order valence-corrected chi connectivity index (χ4v) is 6.18. The molecule has 1 spiro atoms. The summed E-state index contributed by atoms with van der Waals surface area (Å²) >= 11 is 0. The molecule has 1 heteroatoms. The Labute approximate surface area is 97.9 Å². The van der Waals surface area contributed by atoms with Gasteiger partial charge in [0, 0.05) is 5.41 Å². The van der Waals surface area contributed by atoms with Crippen molar-refractivity contribution in [1.29, 1.82) is 0 Å². The van der Waals surface area contributed by atoms with E-state index in [1.54, 1.807) is 0 Å². The van der Waals surface area contributed by atoms with Gasteiger partial charge in [0.2, 0.25) is 0 Å². The Balaban J connectivity index is 1.91. The van der Waals surface area contributed by atoms with Crippen molar-refractivity contribution in [2.75, 3.05) is 0 Å². The first kappa shape index (κ1) is 9.70. The van der Waals surface area contributed by atoms with E-state index in [9.17, 15) is 5.11 Å². The van der Waals surface area contributed by atoms with E-state index >= 15 is 0 Å². The van der Waals surface area contributed by atoms with Crippen LogP contribution in [-0.2, 0) is 0 Å². The van der Waals surface area contributed by atoms with E-state index in [0.717, 1.165) is 18.3 Å². The van der Waals surface area contributed by atoms with Gasteiger partial charge in [-0.05, 0) is 53.4 Å². The molecule has 1 nitrogen and oxygen atoms in total. The van der Waals surface area contributed by atoms with Crippen LogP contribution in [0, 0.1) is 34.0 Å². The Hall–Kier alpha value is -0.300. The van der Waals surface area contributed by atoms with Gasteiger partial charge < -0.3 is 5.11 Å². The number of hydrogen-bond donors (Lipinski definition) is 1. The normalized spacial score (nSPS) is 64.6. The molecule has 0 amide bonds. The summed E-state index contributed by atoms with van der Waals surface area (Å²) in [7, 11) is 0. The summed E-state index contributed by atoms with van der Waals surface area (Å²) in [6.45, 7) is 11.6. The first-order valence-electron chi connectivity index (χ1n) is 6.73. The summed E-state index contributed by atoms with van der Waals surface area (Å²) in [5.41, 5.74) is 2.41. The summed E-state index contributed by atoms with van der Waals surface area (Å²) in [6, 6.07) is 0. The van der Waals surface area contributed by atoms with Crippen molar-refractivity contribution in [3.8, 4) is 0 Å². The number of rotatable bonds is 0. The Morgan fingerprint density at radius 2 is 1.88 bits per heavy atom. The summed E-state index contributed by atoms with van der Waals surface area (Å²) in [6.07, 6.45) is 3.50. The molecule has 0 aromatic heterocycles. The summed E-state index contributed by atoms with van der Waals surface area (Å²) in [4.78, 5) is 0. The molecule has 0 radical (unpaired) electrons. The maximum absolute atomic E-state index is 10.2. The highest BCUT2D eigenvalue weighted by atomic mass is 16.3. The molecule has 0 saturated heterocycles. The van der Waals surface area contributed by atoms with Crippen molar-refractivity contribution in [2.45, 2.75) is 46.1 Å². The average Bonchev–Trinajstić information content (AvgIpc) is 2.81. The molecule has 5 aliphatic carbocycles. The fourth-order valence-electron chi connectivity index (χ4n) is 6.18. The van der Waals surface area contributed by atoms with Gasteiger partial charge in [-0.2, -0.15) is 0 Å². The highest BCUT2D eigenvalue weighted by molar-refractivity contribution is 5.41. The predicted octanol–water partition coefficient (Wildman–Crippen LogP) is 3.00. The molecule has 0 aromatic carbocycles. The third kappa shape index (κ3) is 0.641. The molecule has 5 fully saturated rings. The minimum absolute atomic E-state index is 0.221. The molecule has 5 aliphatic rings. The van der Waals surface area contributed by atoms with E-state index in [2.05, 4.69) is 27.4 Å². The van der Waals surface area contributed by atoms with Crippen LogP contribution >= 0.6 is 0 Å². The molecule has 2 bridgehead atoms. The minimum Gasteiger partial charge on any atom is -0.389 e. The number of hydrogen-bond acceptors (Lipinski definition) is 1. The third-order valence-corrected chi connectivity index (χ3v) is 7.28. The lowest BCUT2D eigenvalue weighted by Gasteiger charge is -2.69. The number of aliphatic hydroxyl groups is 1. The van der Waals surface area contributed by atoms with Crippen LogP contribution in [0.5, 0.6) is 0 Å². The van der Waals surface area contributed by atoms with Gasteiger partial charge in [0.05, 0.1) is 6.10 Å². The second-order valence-electron chi connectivity index (χ2n) is 7.65. The van der Waals surface area contributed by atoms with Gasteiger partial charge in [0.1, 0.15) is 0 Å². The molecule has 88 valence electrons. The van der Waals surface area contributed by atoms with Crippen molar-refractivity contribution in [3.05, 3.63) is 12.2 Å². The van der Waals surface area contributed by atoms with Gasteiger partial charge in [-0.25, -0.2) is 0 Å². The quantitative estimate of drug-likeness (QED) is 0.620. The van der Waals surface area contributed by atoms with Crippen LogP contribution in [0.2, 0.25) is 0 Å². The van der Waals surface area contributed by atoms with E-state index in [1.165, 1.54) is 18.4 Å². The van der Waals surface area contributed by atoms with Crippen molar-refractivity contribution in [3.63, 3.8) is 0 Å². The molecule has 16 heavy (non-hydrogen) atoms.